The molecule has 0 radical (unpaired) electrons. The molecule has 2 aromatic rings. The number of hydrogen-bond donors (Lipinski definition) is 8. The number of nitrogens with one attached hydrogen (secondary N) is 2. The van der Waals surface area contributed by atoms with Crippen LogP contribution >= 0.6 is 0 Å². The summed E-state index contributed by atoms with van der Waals surface area (Å²) in [5.41, 5.74) is 7.02. The summed E-state index contributed by atoms with van der Waals surface area (Å²) in [7, 11) is 1.33. The lowest BCUT2D eigenvalue weighted by molar-refractivity contribution is -0.245. The smallest absolute Gasteiger partial charge is 0.349 e. The Balaban J connectivity index is 1.67. The zero-order valence-electron chi connectivity index (χ0n) is 23.6. The van der Waals surface area contributed by atoms with E-state index >= 15 is 0 Å². The van der Waals surface area contributed by atoms with Crippen molar-refractivity contribution in [2.24, 2.45) is 16.7 Å². The molecule has 2 amide bonds. The van der Waals surface area contributed by atoms with Crippen LogP contribution in [0.25, 0.3) is 0 Å². The summed E-state index contributed by atoms with van der Waals surface area (Å²) in [5, 5.41) is 49.1. The Morgan fingerprint density at radius 2 is 1.86 bits per heavy atom. The third kappa shape index (κ3) is 4.99. The van der Waals surface area contributed by atoms with Crippen molar-refractivity contribution in [2.45, 2.75) is 69.4 Å². The van der Waals surface area contributed by atoms with Gasteiger partial charge in [0.2, 0.25) is 5.78 Å². The Labute approximate surface area is 245 Å². The average Bonchev–Trinajstić information content (AvgIpc) is 2.98. The van der Waals surface area contributed by atoms with Crippen LogP contribution in [0.5, 0.6) is 17.2 Å². The van der Waals surface area contributed by atoms with Gasteiger partial charge in [0.1, 0.15) is 22.8 Å². The maximum Gasteiger partial charge on any atom is 0.349 e. The van der Waals surface area contributed by atoms with Gasteiger partial charge in [0, 0.05) is 42.0 Å². The molecule has 43 heavy (non-hydrogen) atoms. The molecule has 230 valence electrons. The number of aliphatic hydroxyl groups is 2. The van der Waals surface area contributed by atoms with Crippen LogP contribution in [0.15, 0.2) is 23.3 Å². The van der Waals surface area contributed by atoms with E-state index in [0.29, 0.717) is 0 Å². The summed E-state index contributed by atoms with van der Waals surface area (Å²) in [6.45, 7) is 3.02. The lowest BCUT2D eigenvalue weighted by Gasteiger charge is -2.42. The minimum Gasteiger partial charge on any atom is -0.507 e. The molecule has 5 rings (SSSR count). The van der Waals surface area contributed by atoms with Gasteiger partial charge in [0.25, 0.3) is 0 Å². The molecule has 2 aliphatic carbocycles. The molecule has 10 N–H and O–H groups in total. The van der Waals surface area contributed by atoms with E-state index in [1.54, 1.807) is 6.92 Å². The van der Waals surface area contributed by atoms with Crippen molar-refractivity contribution in [3.8, 4) is 17.2 Å². The summed E-state index contributed by atoms with van der Waals surface area (Å²) in [4.78, 5) is 39.1. The molecule has 15 nitrogen and oxygen atoms in total. The van der Waals surface area contributed by atoms with Crippen LogP contribution in [0.3, 0.4) is 0 Å². The van der Waals surface area contributed by atoms with Gasteiger partial charge in [0.15, 0.2) is 12.1 Å². The lowest BCUT2D eigenvalue weighted by Crippen LogP contribution is -2.52. The second-order valence-corrected chi connectivity index (χ2v) is 10.9. The van der Waals surface area contributed by atoms with Crippen molar-refractivity contribution in [3.05, 3.63) is 51.6 Å². The number of phenolic OH excluding ortho intramolecular Hbond substituents is 2. The summed E-state index contributed by atoms with van der Waals surface area (Å²) in [6, 6.07) is 2.84. The van der Waals surface area contributed by atoms with Gasteiger partial charge >= 0.3 is 6.03 Å². The second kappa shape index (κ2) is 11.2. The molecule has 2 aromatic carbocycles. The fourth-order valence-corrected chi connectivity index (χ4v) is 5.94. The monoisotopic (exact) mass is 599 g/mol. The molecule has 0 aromatic heterocycles. The van der Waals surface area contributed by atoms with Crippen LogP contribution in [-0.4, -0.2) is 81.0 Å². The third-order valence-corrected chi connectivity index (χ3v) is 8.27. The van der Waals surface area contributed by atoms with Crippen LogP contribution in [0.1, 0.15) is 75.8 Å². The van der Waals surface area contributed by atoms with Gasteiger partial charge in [-0.3, -0.25) is 15.0 Å². The zero-order chi connectivity index (χ0) is 31.4. The predicted molar refractivity (Wildman–Crippen MR) is 149 cm³/mol. The maximum absolute atomic E-state index is 13.8. The lowest BCUT2D eigenvalue weighted by atomic mass is 9.72. The van der Waals surface area contributed by atoms with E-state index in [4.69, 9.17) is 25.8 Å². The first-order valence-corrected chi connectivity index (χ1v) is 13.5. The van der Waals surface area contributed by atoms with Crippen LogP contribution in [0, 0.1) is 0 Å². The SMILES string of the molecule is COc1cccc2c1C(=O)c1c(O)c3c(c(O)c1C2=O)C[C@@](O)(/C(C)=N/NC(=O)NN)C[C@H]3O[C@H]1C[C@@H](N)[C@@H](O)[C@H](C)O1. The molecule has 6 atom stereocenters. The Morgan fingerprint density at radius 1 is 1.16 bits per heavy atom. The summed E-state index contributed by atoms with van der Waals surface area (Å²) >= 11 is 0. The van der Waals surface area contributed by atoms with Gasteiger partial charge in [-0.1, -0.05) is 12.1 Å². The van der Waals surface area contributed by atoms with E-state index < -0.39 is 76.5 Å². The van der Waals surface area contributed by atoms with Gasteiger partial charge in [0.05, 0.1) is 47.8 Å². The first-order chi connectivity index (χ1) is 20.3. The molecule has 0 bridgehead atoms. The highest BCUT2D eigenvalue weighted by molar-refractivity contribution is 6.31. The molecule has 1 saturated heterocycles. The largest absolute Gasteiger partial charge is 0.507 e. The number of nitrogens with zero attached hydrogens (tertiary/aromatic N) is 1. The van der Waals surface area contributed by atoms with Gasteiger partial charge < -0.3 is 40.4 Å². The van der Waals surface area contributed by atoms with E-state index in [1.165, 1.54) is 32.2 Å². The molecule has 1 heterocycles. The number of ketones is 2. The number of carbonyl (C=O) groups excluding carboxylic acids is 3. The summed E-state index contributed by atoms with van der Waals surface area (Å²) in [5.74, 6) is 2.46. The second-order valence-electron chi connectivity index (χ2n) is 10.9. The predicted octanol–water partition coefficient (Wildman–Crippen LogP) is -0.0113. The zero-order valence-corrected chi connectivity index (χ0v) is 23.6. The molecular weight excluding hydrogens is 566 g/mol. The Bertz CT molecular complexity index is 1530. The molecule has 15 heteroatoms. The fourth-order valence-electron chi connectivity index (χ4n) is 5.94. The van der Waals surface area contributed by atoms with E-state index in [9.17, 15) is 34.8 Å². The van der Waals surface area contributed by atoms with E-state index in [0.717, 1.165) is 0 Å². The first-order valence-electron chi connectivity index (χ1n) is 13.5. The van der Waals surface area contributed by atoms with Crippen LogP contribution in [0.4, 0.5) is 4.79 Å². The van der Waals surface area contributed by atoms with Crippen LogP contribution in [0.2, 0.25) is 0 Å². The standard InChI is InChI=1S/C28H33N5O10/c1-10-22(34)14(29)7-17(42-10)43-16-9-28(40,11(2)32-33-27(39)31-30)8-13-19(16)26(38)21-20(24(13)36)23(35)12-5-4-6-15(41-3)18(12)25(21)37/h4-6,10,14,16-17,22,34,36,38,40H,7-9,29-30H2,1-3H3,(H2,31,33,39)/b32-11+/t10-,14+,16+,17-,22-,28-/m0/s1. The number of hydrogen-bond acceptors (Lipinski definition) is 13. The summed E-state index contributed by atoms with van der Waals surface area (Å²) < 4.78 is 17.3. The molecule has 0 spiro atoms. The molecule has 3 aliphatic rings. The molecule has 1 fully saturated rings. The highest BCUT2D eigenvalue weighted by atomic mass is 16.7. The number of benzene rings is 2. The number of aromatic hydroxyl groups is 2. The van der Waals surface area contributed by atoms with Gasteiger partial charge in [-0.25, -0.2) is 16.1 Å². The van der Waals surface area contributed by atoms with Gasteiger partial charge in [-0.15, -0.1) is 0 Å². The number of hydrazone groups is 1. The number of aliphatic hydroxyl groups excluding tert-OH is 1. The summed E-state index contributed by atoms with van der Waals surface area (Å²) in [6.07, 6.45) is -4.59. The van der Waals surface area contributed by atoms with E-state index in [-0.39, 0.29) is 53.0 Å². The highest BCUT2D eigenvalue weighted by Gasteiger charge is 2.49. The minimum absolute atomic E-state index is 0.0190. The van der Waals surface area contributed by atoms with Crippen LogP contribution < -0.4 is 27.2 Å². The number of fused-ring (bicyclic) bond motifs is 3. The number of nitrogens with two attached hydrogens (primary N) is 2. The fraction of sp³-hybridized carbons (Fsp3) is 0.429. The number of methoxy groups -OCH3 is 1. The molecular formula is C28H33N5O10. The van der Waals surface area contributed by atoms with Crippen LogP contribution in [-0.2, 0) is 15.9 Å². The Kier molecular flexibility index (Phi) is 7.89. The number of amides is 2. The first kappa shape index (κ1) is 30.3. The number of carbonyl (C=O) groups is 3. The molecule has 0 unspecified atom stereocenters. The topological polar surface area (TPSA) is 248 Å². The minimum atomic E-state index is -1.90. The van der Waals surface area contributed by atoms with Crippen molar-refractivity contribution >= 4 is 23.3 Å². The number of phenols is 2. The van der Waals surface area contributed by atoms with Crippen molar-refractivity contribution in [3.63, 3.8) is 0 Å². The quantitative estimate of drug-likeness (QED) is 0.0634. The van der Waals surface area contributed by atoms with E-state index in [2.05, 4.69) is 10.5 Å². The normalized spacial score (nSPS) is 28.4. The van der Waals surface area contributed by atoms with Gasteiger partial charge in [-0.05, 0) is 19.9 Å². The van der Waals surface area contributed by atoms with E-state index in [1.807, 2.05) is 5.43 Å². The average molecular weight is 600 g/mol. The number of hydrazine groups is 1. The Hall–Kier alpha value is -4.12. The van der Waals surface area contributed by atoms with Gasteiger partial charge in [-0.2, -0.15) is 5.10 Å². The van der Waals surface area contributed by atoms with Crippen molar-refractivity contribution in [1.29, 1.82) is 0 Å². The maximum atomic E-state index is 13.8. The molecule has 1 aliphatic heterocycles. The third-order valence-electron chi connectivity index (χ3n) is 8.27. The van der Waals surface area contributed by atoms with Crippen molar-refractivity contribution < 1.29 is 49.0 Å². The number of ether oxygens (including phenoxy) is 3. The van der Waals surface area contributed by atoms with Crippen molar-refractivity contribution in [1.82, 2.24) is 10.9 Å². The van der Waals surface area contributed by atoms with Crippen molar-refractivity contribution in [2.75, 3.05) is 7.11 Å². The number of rotatable bonds is 5. The molecule has 0 saturated carbocycles. The highest BCUT2D eigenvalue weighted by Crippen LogP contribution is 2.52. The Morgan fingerprint density at radius 3 is 2.51 bits per heavy atom. The number of urea groups is 1.